The van der Waals surface area contributed by atoms with Crippen molar-refractivity contribution in [3.05, 3.63) is 36.0 Å². The molecule has 1 aliphatic carbocycles. The minimum Gasteiger partial charge on any atom is -0.308 e. The van der Waals surface area contributed by atoms with E-state index in [4.69, 9.17) is 0 Å². The number of nitrogens with one attached hydrogen (secondary N) is 1. The Morgan fingerprint density at radius 2 is 1.86 bits per heavy atom. The molecule has 0 bridgehead atoms. The molecule has 0 aliphatic heterocycles. The molecule has 1 N–H and O–H groups in total. The average molecular weight is 307 g/mol. The summed E-state index contributed by atoms with van der Waals surface area (Å²) in [5, 5.41) is 12.8. The minimum absolute atomic E-state index is 0. The van der Waals surface area contributed by atoms with E-state index in [1.807, 2.05) is 6.07 Å². The number of halogens is 1. The van der Waals surface area contributed by atoms with Crippen molar-refractivity contribution in [2.24, 2.45) is 0 Å². The Hall–Kier alpha value is -1.39. The number of hydrogen-bond donors (Lipinski definition) is 1. The summed E-state index contributed by atoms with van der Waals surface area (Å²) in [5.74, 6) is 0. The summed E-state index contributed by atoms with van der Waals surface area (Å²) in [6.07, 6.45) is 5.29. The van der Waals surface area contributed by atoms with Crippen molar-refractivity contribution in [1.29, 1.82) is 0 Å². The van der Waals surface area contributed by atoms with Gasteiger partial charge in [-0.15, -0.1) is 12.4 Å². The van der Waals surface area contributed by atoms with Gasteiger partial charge in [0.05, 0.1) is 6.54 Å². The van der Waals surface area contributed by atoms with Gasteiger partial charge in [-0.2, -0.15) is 15.0 Å². The summed E-state index contributed by atoms with van der Waals surface area (Å²) >= 11 is 0. The highest BCUT2D eigenvalue weighted by atomic mass is 35.5. The molecule has 1 aromatic carbocycles. The molecule has 1 fully saturated rings. The predicted molar refractivity (Wildman–Crippen MR) is 87.5 cm³/mol. The molecule has 1 aliphatic rings. The summed E-state index contributed by atoms with van der Waals surface area (Å²) in [5.41, 5.74) is 3.22. The van der Waals surface area contributed by atoms with Crippen LogP contribution in [0.3, 0.4) is 0 Å². The second kappa shape index (κ2) is 7.57. The van der Waals surface area contributed by atoms with E-state index in [2.05, 4.69) is 46.7 Å². The van der Waals surface area contributed by atoms with E-state index in [0.717, 1.165) is 30.0 Å². The van der Waals surface area contributed by atoms with Crippen LogP contribution in [0.2, 0.25) is 0 Å². The van der Waals surface area contributed by atoms with Crippen molar-refractivity contribution in [3.63, 3.8) is 0 Å². The molecular formula is C16H23ClN4. The van der Waals surface area contributed by atoms with E-state index < -0.39 is 0 Å². The van der Waals surface area contributed by atoms with Crippen molar-refractivity contribution in [2.45, 2.75) is 51.7 Å². The number of hydrogen-bond acceptors (Lipinski definition) is 3. The van der Waals surface area contributed by atoms with Crippen LogP contribution in [0.4, 0.5) is 0 Å². The van der Waals surface area contributed by atoms with Gasteiger partial charge in [0.15, 0.2) is 0 Å². The summed E-state index contributed by atoms with van der Waals surface area (Å²) in [6.45, 7) is 3.70. The highest BCUT2D eigenvalue weighted by Crippen LogP contribution is 2.22. The smallest absolute Gasteiger partial charge is 0.117 e. The molecule has 2 aromatic rings. The Morgan fingerprint density at radius 1 is 1.14 bits per heavy atom. The van der Waals surface area contributed by atoms with Gasteiger partial charge in [-0.05, 0) is 19.8 Å². The SMILES string of the molecule is CCn1nc(CNC2CCCC2)c(-c2ccccc2)n1.Cl. The fourth-order valence-electron chi connectivity index (χ4n) is 2.83. The summed E-state index contributed by atoms with van der Waals surface area (Å²) in [4.78, 5) is 1.79. The van der Waals surface area contributed by atoms with Gasteiger partial charge in [-0.1, -0.05) is 43.2 Å². The third-order valence-corrected chi connectivity index (χ3v) is 3.97. The lowest BCUT2D eigenvalue weighted by molar-refractivity contribution is 0.509. The van der Waals surface area contributed by atoms with Crippen molar-refractivity contribution < 1.29 is 0 Å². The second-order valence-corrected chi connectivity index (χ2v) is 5.41. The second-order valence-electron chi connectivity index (χ2n) is 5.41. The zero-order chi connectivity index (χ0) is 13.8. The monoisotopic (exact) mass is 306 g/mol. The standard InChI is InChI=1S/C16H22N4.ClH/c1-2-20-18-15(12-17-14-10-6-7-11-14)16(19-20)13-8-4-3-5-9-13;/h3-5,8-9,14,17H,2,6-7,10-12H2,1H3;1H. The molecular weight excluding hydrogens is 284 g/mol. The molecule has 0 spiro atoms. The Morgan fingerprint density at radius 3 is 2.52 bits per heavy atom. The third kappa shape index (κ3) is 3.83. The topological polar surface area (TPSA) is 42.7 Å². The van der Waals surface area contributed by atoms with Crippen LogP contribution in [0, 0.1) is 0 Å². The Labute approximate surface area is 132 Å². The van der Waals surface area contributed by atoms with Gasteiger partial charge in [0, 0.05) is 18.2 Å². The van der Waals surface area contributed by atoms with Crippen LogP contribution in [0.25, 0.3) is 11.3 Å². The van der Waals surface area contributed by atoms with Gasteiger partial charge < -0.3 is 5.32 Å². The largest absolute Gasteiger partial charge is 0.308 e. The maximum atomic E-state index is 4.61. The summed E-state index contributed by atoms with van der Waals surface area (Å²) < 4.78 is 0. The van der Waals surface area contributed by atoms with Gasteiger partial charge >= 0.3 is 0 Å². The third-order valence-electron chi connectivity index (χ3n) is 3.97. The van der Waals surface area contributed by atoms with Crippen LogP contribution < -0.4 is 5.32 Å². The normalized spacial score (nSPS) is 15.1. The van der Waals surface area contributed by atoms with Gasteiger partial charge in [-0.25, -0.2) is 0 Å². The van der Waals surface area contributed by atoms with Crippen molar-refractivity contribution in [3.8, 4) is 11.3 Å². The molecule has 4 nitrogen and oxygen atoms in total. The molecule has 1 heterocycles. The van der Waals surface area contributed by atoms with Gasteiger partial charge in [-0.3, -0.25) is 0 Å². The average Bonchev–Trinajstić information content (AvgIpc) is 3.15. The van der Waals surface area contributed by atoms with Crippen molar-refractivity contribution in [1.82, 2.24) is 20.3 Å². The van der Waals surface area contributed by atoms with E-state index in [1.54, 1.807) is 4.80 Å². The molecule has 1 saturated carbocycles. The van der Waals surface area contributed by atoms with Crippen LogP contribution in [0.15, 0.2) is 30.3 Å². The van der Waals surface area contributed by atoms with E-state index in [9.17, 15) is 0 Å². The molecule has 0 radical (unpaired) electrons. The quantitative estimate of drug-likeness (QED) is 0.920. The summed E-state index contributed by atoms with van der Waals surface area (Å²) in [6, 6.07) is 11.0. The number of benzene rings is 1. The first kappa shape index (κ1) is 16.0. The van der Waals surface area contributed by atoms with Gasteiger partial charge in [0.1, 0.15) is 11.4 Å². The molecule has 21 heavy (non-hydrogen) atoms. The first-order valence-electron chi connectivity index (χ1n) is 7.59. The summed E-state index contributed by atoms with van der Waals surface area (Å²) in [7, 11) is 0. The Bertz CT molecular complexity index is 547. The fourth-order valence-corrected chi connectivity index (χ4v) is 2.83. The zero-order valence-corrected chi connectivity index (χ0v) is 13.3. The van der Waals surface area contributed by atoms with Gasteiger partial charge in [0.2, 0.25) is 0 Å². The number of rotatable bonds is 5. The zero-order valence-electron chi connectivity index (χ0n) is 12.5. The van der Waals surface area contributed by atoms with Crippen LogP contribution >= 0.6 is 12.4 Å². The van der Waals surface area contributed by atoms with Gasteiger partial charge in [0.25, 0.3) is 0 Å². The van der Waals surface area contributed by atoms with Crippen LogP contribution in [0.1, 0.15) is 38.3 Å². The highest BCUT2D eigenvalue weighted by Gasteiger charge is 2.17. The van der Waals surface area contributed by atoms with Crippen LogP contribution in [0.5, 0.6) is 0 Å². The molecule has 114 valence electrons. The lowest BCUT2D eigenvalue weighted by atomic mass is 10.1. The maximum absolute atomic E-state index is 4.61. The molecule has 0 atom stereocenters. The predicted octanol–water partition coefficient (Wildman–Crippen LogP) is 3.42. The number of aryl methyl sites for hydroxylation is 1. The lowest BCUT2D eigenvalue weighted by Gasteiger charge is -2.10. The van der Waals surface area contributed by atoms with E-state index in [0.29, 0.717) is 6.04 Å². The minimum atomic E-state index is 0. The molecule has 3 rings (SSSR count). The number of aromatic nitrogens is 3. The van der Waals surface area contributed by atoms with Crippen LogP contribution in [-0.2, 0) is 13.1 Å². The Kier molecular flexibility index (Phi) is 5.76. The molecule has 0 amide bonds. The van der Waals surface area contributed by atoms with Crippen molar-refractivity contribution >= 4 is 12.4 Å². The number of nitrogens with zero attached hydrogens (tertiary/aromatic N) is 3. The Balaban J connectivity index is 0.00000161. The fraction of sp³-hybridized carbons (Fsp3) is 0.500. The first-order valence-corrected chi connectivity index (χ1v) is 7.59. The van der Waals surface area contributed by atoms with E-state index in [-0.39, 0.29) is 12.4 Å². The van der Waals surface area contributed by atoms with Crippen LogP contribution in [-0.4, -0.2) is 21.0 Å². The van der Waals surface area contributed by atoms with E-state index in [1.165, 1.54) is 25.7 Å². The maximum Gasteiger partial charge on any atom is 0.117 e. The molecule has 1 aromatic heterocycles. The lowest BCUT2D eigenvalue weighted by Crippen LogP contribution is -2.25. The first-order chi connectivity index (χ1) is 9.86. The van der Waals surface area contributed by atoms with E-state index >= 15 is 0 Å². The molecule has 5 heteroatoms. The van der Waals surface area contributed by atoms with Crippen molar-refractivity contribution in [2.75, 3.05) is 0 Å². The molecule has 0 saturated heterocycles. The molecule has 0 unspecified atom stereocenters. The highest BCUT2D eigenvalue weighted by molar-refractivity contribution is 5.85.